The molecule has 4 nitrogen and oxygen atoms in total. The predicted molar refractivity (Wildman–Crippen MR) is 88.7 cm³/mol. The van der Waals surface area contributed by atoms with Crippen LogP contribution in [0.3, 0.4) is 0 Å². The fourth-order valence-electron chi connectivity index (χ4n) is 2.65. The highest BCUT2D eigenvalue weighted by molar-refractivity contribution is 6.03. The van der Waals surface area contributed by atoms with Crippen LogP contribution in [0.1, 0.15) is 23.0 Å². The van der Waals surface area contributed by atoms with E-state index >= 15 is 0 Å². The van der Waals surface area contributed by atoms with Gasteiger partial charge in [0.1, 0.15) is 11.4 Å². The first-order valence-corrected chi connectivity index (χ1v) is 7.57. The van der Waals surface area contributed by atoms with Crippen LogP contribution in [0.2, 0.25) is 0 Å². The minimum Gasteiger partial charge on any atom is -0.494 e. The van der Waals surface area contributed by atoms with Crippen LogP contribution >= 0.6 is 0 Å². The molecule has 2 aromatic carbocycles. The first kappa shape index (κ1) is 16.9. The minimum absolute atomic E-state index is 0.128. The quantitative estimate of drug-likeness (QED) is 0.717. The van der Waals surface area contributed by atoms with Gasteiger partial charge in [-0.05, 0) is 55.5 Å². The van der Waals surface area contributed by atoms with Crippen LogP contribution in [0, 0.1) is 0 Å². The monoisotopic (exact) mass is 348 g/mol. The highest BCUT2D eigenvalue weighted by Crippen LogP contribution is 2.35. The Morgan fingerprint density at radius 3 is 2.40 bits per heavy atom. The topological polar surface area (TPSA) is 57.2 Å². The van der Waals surface area contributed by atoms with Crippen molar-refractivity contribution in [2.75, 3.05) is 12.3 Å². The first-order chi connectivity index (χ1) is 11.8. The summed E-state index contributed by atoms with van der Waals surface area (Å²) < 4.78 is 46.2. The van der Waals surface area contributed by atoms with E-state index < -0.39 is 17.8 Å². The summed E-state index contributed by atoms with van der Waals surface area (Å²) in [7, 11) is 0. The Morgan fingerprint density at radius 2 is 1.80 bits per heavy atom. The predicted octanol–water partition coefficient (Wildman–Crippen LogP) is 4.33. The van der Waals surface area contributed by atoms with Gasteiger partial charge in [-0.2, -0.15) is 13.2 Å². The molecule has 2 N–H and O–H groups in total. The standard InChI is InChI=1S/C18H15F3N2O2/c1-2-25-14-6-3-11(4-7-14)17(24)23-15-8-5-13(22)9-12(15)10-16(23)18(19,20)21/h3-10H,2,22H2,1H3. The Bertz CT molecular complexity index is 928. The van der Waals surface area contributed by atoms with Gasteiger partial charge in [0.2, 0.25) is 0 Å². The first-order valence-electron chi connectivity index (χ1n) is 7.57. The zero-order chi connectivity index (χ0) is 18.2. The number of carbonyl (C=O) groups is 1. The molecule has 0 radical (unpaired) electrons. The van der Waals surface area contributed by atoms with Crippen molar-refractivity contribution in [2.24, 2.45) is 0 Å². The molecule has 7 heteroatoms. The number of anilines is 1. The summed E-state index contributed by atoms with van der Waals surface area (Å²) in [6, 6.07) is 11.2. The number of hydrogen-bond donors (Lipinski definition) is 1. The molecular formula is C18H15F3N2O2. The van der Waals surface area contributed by atoms with Crippen LogP contribution in [0.5, 0.6) is 5.75 Å². The van der Waals surface area contributed by atoms with Gasteiger partial charge in [-0.15, -0.1) is 0 Å². The van der Waals surface area contributed by atoms with Crippen molar-refractivity contribution in [1.29, 1.82) is 0 Å². The summed E-state index contributed by atoms with van der Waals surface area (Å²) in [6.45, 7) is 2.27. The van der Waals surface area contributed by atoms with Crippen molar-refractivity contribution in [2.45, 2.75) is 13.1 Å². The number of nitrogen functional groups attached to an aromatic ring is 1. The molecule has 0 aliphatic carbocycles. The fourth-order valence-corrected chi connectivity index (χ4v) is 2.65. The van der Waals surface area contributed by atoms with Gasteiger partial charge in [0, 0.05) is 16.6 Å². The fraction of sp³-hybridized carbons (Fsp3) is 0.167. The SMILES string of the molecule is CCOc1ccc(C(=O)n2c(C(F)(F)F)cc3cc(N)ccc32)cc1. The molecule has 3 rings (SSSR count). The molecule has 1 heterocycles. The van der Waals surface area contributed by atoms with Crippen LogP contribution < -0.4 is 10.5 Å². The Kier molecular flexibility index (Phi) is 4.16. The third-order valence-corrected chi connectivity index (χ3v) is 3.73. The van der Waals surface area contributed by atoms with Crippen molar-refractivity contribution in [3.63, 3.8) is 0 Å². The lowest BCUT2D eigenvalue weighted by Crippen LogP contribution is -2.20. The van der Waals surface area contributed by atoms with E-state index in [0.717, 1.165) is 6.07 Å². The minimum atomic E-state index is -4.67. The van der Waals surface area contributed by atoms with Gasteiger partial charge in [-0.25, -0.2) is 0 Å². The molecule has 3 aromatic rings. The summed E-state index contributed by atoms with van der Waals surface area (Å²) in [4.78, 5) is 12.7. The van der Waals surface area contributed by atoms with Gasteiger partial charge in [0.15, 0.2) is 0 Å². The van der Waals surface area contributed by atoms with Gasteiger partial charge >= 0.3 is 6.18 Å². The molecule has 0 unspecified atom stereocenters. The zero-order valence-electron chi connectivity index (χ0n) is 13.3. The van der Waals surface area contributed by atoms with Crippen molar-refractivity contribution >= 4 is 22.5 Å². The molecule has 25 heavy (non-hydrogen) atoms. The molecule has 0 bridgehead atoms. The number of carbonyl (C=O) groups excluding carboxylic acids is 1. The van der Waals surface area contributed by atoms with Crippen LogP contribution in [-0.4, -0.2) is 17.1 Å². The lowest BCUT2D eigenvalue weighted by molar-refractivity contribution is -0.142. The molecule has 1 aromatic heterocycles. The molecule has 130 valence electrons. The molecule has 0 atom stereocenters. The van der Waals surface area contributed by atoms with Crippen LogP contribution in [0.25, 0.3) is 10.9 Å². The summed E-state index contributed by atoms with van der Waals surface area (Å²) in [6.07, 6.45) is -4.67. The van der Waals surface area contributed by atoms with E-state index in [-0.39, 0.29) is 16.5 Å². The number of ether oxygens (including phenoxy) is 1. The summed E-state index contributed by atoms with van der Waals surface area (Å²) in [5.41, 5.74) is 5.21. The van der Waals surface area contributed by atoms with Crippen molar-refractivity contribution < 1.29 is 22.7 Å². The van der Waals surface area contributed by atoms with Crippen molar-refractivity contribution in [3.05, 3.63) is 59.8 Å². The van der Waals surface area contributed by atoms with Crippen LogP contribution in [0.4, 0.5) is 18.9 Å². The number of alkyl halides is 3. The second-order valence-corrected chi connectivity index (χ2v) is 5.44. The summed E-state index contributed by atoms with van der Waals surface area (Å²) in [5.74, 6) is -0.227. The number of nitrogens with zero attached hydrogens (tertiary/aromatic N) is 1. The lowest BCUT2D eigenvalue weighted by atomic mass is 10.2. The Labute approximate surface area is 141 Å². The maximum Gasteiger partial charge on any atom is 0.431 e. The van der Waals surface area contributed by atoms with Gasteiger partial charge in [-0.1, -0.05) is 0 Å². The average Bonchev–Trinajstić information content (AvgIpc) is 2.94. The third kappa shape index (κ3) is 3.17. The molecule has 0 saturated carbocycles. The smallest absolute Gasteiger partial charge is 0.431 e. The van der Waals surface area contributed by atoms with Crippen molar-refractivity contribution in [1.82, 2.24) is 4.57 Å². The highest BCUT2D eigenvalue weighted by Gasteiger charge is 2.37. The number of aromatic nitrogens is 1. The molecule has 0 aliphatic rings. The molecule has 0 saturated heterocycles. The molecule has 0 fully saturated rings. The normalized spacial score (nSPS) is 11.7. The van der Waals surface area contributed by atoms with E-state index in [1.807, 2.05) is 6.92 Å². The maximum absolute atomic E-state index is 13.4. The average molecular weight is 348 g/mol. The van der Waals surface area contributed by atoms with E-state index in [2.05, 4.69) is 0 Å². The number of benzene rings is 2. The van der Waals surface area contributed by atoms with Crippen LogP contribution in [-0.2, 0) is 6.18 Å². The lowest BCUT2D eigenvalue weighted by Gasteiger charge is -2.12. The largest absolute Gasteiger partial charge is 0.494 e. The van der Waals surface area contributed by atoms with Crippen LogP contribution in [0.15, 0.2) is 48.5 Å². The van der Waals surface area contributed by atoms with E-state index in [0.29, 0.717) is 22.6 Å². The van der Waals surface area contributed by atoms with Crippen molar-refractivity contribution in [3.8, 4) is 5.75 Å². The number of hydrogen-bond acceptors (Lipinski definition) is 3. The number of fused-ring (bicyclic) bond motifs is 1. The number of nitrogens with two attached hydrogens (primary N) is 1. The highest BCUT2D eigenvalue weighted by atomic mass is 19.4. The third-order valence-electron chi connectivity index (χ3n) is 3.73. The molecular weight excluding hydrogens is 333 g/mol. The van der Waals surface area contributed by atoms with Gasteiger partial charge in [-0.3, -0.25) is 9.36 Å². The van der Waals surface area contributed by atoms with E-state index in [9.17, 15) is 18.0 Å². The van der Waals surface area contributed by atoms with Gasteiger partial charge in [0.05, 0.1) is 12.1 Å². The van der Waals surface area contributed by atoms with E-state index in [1.54, 1.807) is 12.1 Å². The Balaban J connectivity index is 2.14. The molecule has 0 amide bonds. The molecule has 0 spiro atoms. The van der Waals surface area contributed by atoms with E-state index in [4.69, 9.17) is 10.5 Å². The summed E-state index contributed by atoms with van der Waals surface area (Å²) in [5, 5.41) is 0.256. The second kappa shape index (κ2) is 6.16. The second-order valence-electron chi connectivity index (χ2n) is 5.44. The Hall–Kier alpha value is -2.96. The van der Waals surface area contributed by atoms with Gasteiger partial charge < -0.3 is 10.5 Å². The number of halogens is 3. The summed E-state index contributed by atoms with van der Waals surface area (Å²) >= 11 is 0. The maximum atomic E-state index is 13.4. The Morgan fingerprint density at radius 1 is 1.12 bits per heavy atom. The number of rotatable bonds is 3. The van der Waals surface area contributed by atoms with E-state index in [1.165, 1.54) is 30.3 Å². The molecule has 0 aliphatic heterocycles. The van der Waals surface area contributed by atoms with Gasteiger partial charge in [0.25, 0.3) is 5.91 Å². The zero-order valence-corrected chi connectivity index (χ0v) is 13.3.